The van der Waals surface area contributed by atoms with Gasteiger partial charge in [-0.25, -0.2) is 12.8 Å². The molecule has 4 rings (SSSR count). The Bertz CT molecular complexity index is 1370. The Morgan fingerprint density at radius 3 is 2.26 bits per heavy atom. The largest absolute Gasteiger partial charge is 0.279 e. The Hall–Kier alpha value is -3.10. The molecule has 4 aromatic rings. The van der Waals surface area contributed by atoms with Crippen LogP contribution in [-0.4, -0.2) is 18.2 Å². The Kier molecular flexibility index (Phi) is 6.11. The minimum absolute atomic E-state index is 0.0524. The van der Waals surface area contributed by atoms with Gasteiger partial charge in [0.05, 0.1) is 23.2 Å². The van der Waals surface area contributed by atoms with Crippen LogP contribution in [-0.2, 0) is 16.5 Å². The van der Waals surface area contributed by atoms with Crippen molar-refractivity contribution in [2.24, 2.45) is 0 Å². The zero-order valence-corrected chi connectivity index (χ0v) is 18.5. The van der Waals surface area contributed by atoms with Crippen molar-refractivity contribution in [3.05, 3.63) is 105 Å². The lowest BCUT2D eigenvalue weighted by Gasteiger charge is -2.13. The smallest absolute Gasteiger partial charge is 0.267 e. The van der Waals surface area contributed by atoms with Gasteiger partial charge in [0.1, 0.15) is 16.5 Å². The molecule has 0 unspecified atom stereocenters. The zero-order chi connectivity index (χ0) is 22.0. The van der Waals surface area contributed by atoms with Crippen molar-refractivity contribution in [1.82, 2.24) is 9.78 Å². The van der Waals surface area contributed by atoms with Gasteiger partial charge >= 0.3 is 0 Å². The number of halogens is 2. The maximum Gasteiger partial charge on any atom is 0.279 e. The van der Waals surface area contributed by atoms with Crippen molar-refractivity contribution in [3.63, 3.8) is 0 Å². The fourth-order valence-corrected chi connectivity index (χ4v) is 4.19. The highest BCUT2D eigenvalue weighted by Crippen LogP contribution is 2.30. The van der Waals surface area contributed by atoms with Crippen LogP contribution in [0.15, 0.2) is 88.3 Å². The van der Waals surface area contributed by atoms with Crippen LogP contribution in [0.25, 0.3) is 27.9 Å². The van der Waals surface area contributed by atoms with Gasteiger partial charge in [0.2, 0.25) is 0 Å². The number of hydrogen-bond acceptors (Lipinski definition) is 4. The predicted octanol–water partition coefficient (Wildman–Crippen LogP) is 4.58. The minimum Gasteiger partial charge on any atom is -0.267 e. The summed E-state index contributed by atoms with van der Waals surface area (Å²) >= 11 is 3.40. The highest BCUT2D eigenvalue weighted by Gasteiger charge is 2.16. The third-order valence-corrected chi connectivity index (χ3v) is 5.86. The van der Waals surface area contributed by atoms with Crippen LogP contribution in [0.2, 0.25) is 0 Å². The normalized spacial score (nSPS) is 11.1. The summed E-state index contributed by atoms with van der Waals surface area (Å²) in [6.45, 7) is 0. The molecule has 156 valence electrons. The van der Waals surface area contributed by atoms with E-state index in [9.17, 15) is 17.6 Å². The van der Waals surface area contributed by atoms with Gasteiger partial charge in [-0.15, -0.1) is 0 Å². The number of thiol groups is 1. The summed E-state index contributed by atoms with van der Waals surface area (Å²) in [5, 5.41) is 4.35. The molecule has 8 heteroatoms. The molecule has 3 aromatic carbocycles. The van der Waals surface area contributed by atoms with Crippen LogP contribution in [0.4, 0.5) is 4.39 Å². The molecule has 0 atom stereocenters. The molecule has 0 bridgehead atoms. The molecule has 0 aliphatic carbocycles. The molecule has 0 saturated heterocycles. The molecule has 0 saturated carbocycles. The first kappa shape index (κ1) is 21.1. The minimum atomic E-state index is -2.53. The fourth-order valence-electron chi connectivity index (χ4n) is 3.30. The van der Waals surface area contributed by atoms with Crippen LogP contribution in [0.5, 0.6) is 0 Å². The average molecular weight is 499 g/mol. The van der Waals surface area contributed by atoms with E-state index in [-0.39, 0.29) is 11.3 Å². The van der Waals surface area contributed by atoms with E-state index in [2.05, 4.69) is 21.0 Å². The summed E-state index contributed by atoms with van der Waals surface area (Å²) in [7, 11) is -2.53. The van der Waals surface area contributed by atoms with E-state index in [1.165, 1.54) is 16.8 Å². The molecule has 0 radical (unpaired) electrons. The Labute approximate surface area is 187 Å². The second-order valence-electron chi connectivity index (χ2n) is 6.82. The van der Waals surface area contributed by atoms with Crippen molar-refractivity contribution in [2.45, 2.75) is 5.75 Å². The highest BCUT2D eigenvalue weighted by atomic mass is 79.9. The van der Waals surface area contributed by atoms with E-state index in [0.29, 0.717) is 33.5 Å². The summed E-state index contributed by atoms with van der Waals surface area (Å²) in [5.74, 6) is -0.453. The van der Waals surface area contributed by atoms with E-state index in [0.717, 1.165) is 4.47 Å². The first-order valence-electron chi connectivity index (χ1n) is 9.28. The topological polar surface area (TPSA) is 69.0 Å². The molecule has 0 fully saturated rings. The first-order valence-corrected chi connectivity index (χ1v) is 11.4. The third-order valence-electron chi connectivity index (χ3n) is 4.74. The van der Waals surface area contributed by atoms with Gasteiger partial charge in [0.25, 0.3) is 5.56 Å². The second kappa shape index (κ2) is 8.95. The van der Waals surface area contributed by atoms with Gasteiger partial charge < -0.3 is 0 Å². The Morgan fingerprint density at radius 1 is 0.935 bits per heavy atom. The summed E-state index contributed by atoms with van der Waals surface area (Å²) in [6.07, 6.45) is 1.59. The van der Waals surface area contributed by atoms with E-state index < -0.39 is 16.5 Å². The predicted molar refractivity (Wildman–Crippen MR) is 122 cm³/mol. The zero-order valence-electron chi connectivity index (χ0n) is 16.0. The Balaban J connectivity index is 1.92. The van der Waals surface area contributed by atoms with Crippen molar-refractivity contribution in [2.75, 3.05) is 0 Å². The van der Waals surface area contributed by atoms with Gasteiger partial charge in [-0.3, -0.25) is 4.79 Å². The monoisotopic (exact) mass is 498 g/mol. The summed E-state index contributed by atoms with van der Waals surface area (Å²) in [4.78, 5) is 13.5. The van der Waals surface area contributed by atoms with Crippen LogP contribution in [0.1, 0.15) is 5.56 Å². The van der Waals surface area contributed by atoms with Crippen molar-refractivity contribution < 1.29 is 12.8 Å². The number of aromatic nitrogens is 2. The van der Waals surface area contributed by atoms with E-state index in [4.69, 9.17) is 0 Å². The fraction of sp³-hybridized carbons (Fsp3) is 0.0435. The molecule has 31 heavy (non-hydrogen) atoms. The molecule has 5 nitrogen and oxygen atoms in total. The Morgan fingerprint density at radius 2 is 1.61 bits per heavy atom. The molecule has 0 amide bonds. The van der Waals surface area contributed by atoms with Crippen LogP contribution in [0.3, 0.4) is 0 Å². The molecule has 1 heterocycles. The number of rotatable bonds is 5. The molecular formula is C23H16BrFN2O3S. The summed E-state index contributed by atoms with van der Waals surface area (Å²) < 4.78 is 37.6. The summed E-state index contributed by atoms with van der Waals surface area (Å²) in [5.41, 5.74) is 3.09. The maximum absolute atomic E-state index is 13.5. The first-order chi connectivity index (χ1) is 14.9. The third kappa shape index (κ3) is 4.65. The number of nitrogens with zero attached hydrogens (tertiary/aromatic N) is 2. The molecule has 0 aliphatic rings. The van der Waals surface area contributed by atoms with Gasteiger partial charge in [-0.1, -0.05) is 58.4 Å². The van der Waals surface area contributed by atoms with E-state index in [1.807, 2.05) is 6.07 Å². The lowest BCUT2D eigenvalue weighted by atomic mass is 9.96. The summed E-state index contributed by atoms with van der Waals surface area (Å²) in [6, 6.07) is 19.8. The number of benzene rings is 3. The molecular weight excluding hydrogens is 483 g/mol. The maximum atomic E-state index is 13.5. The van der Waals surface area contributed by atoms with Gasteiger partial charge in [-0.2, -0.15) is 9.78 Å². The molecule has 1 aromatic heterocycles. The molecule has 0 spiro atoms. The van der Waals surface area contributed by atoms with E-state index >= 15 is 0 Å². The lowest BCUT2D eigenvalue weighted by molar-refractivity contribution is 0.614. The van der Waals surface area contributed by atoms with Gasteiger partial charge in [-0.05, 0) is 47.0 Å². The second-order valence-corrected chi connectivity index (χ2v) is 8.72. The quantitative estimate of drug-likeness (QED) is 0.409. The van der Waals surface area contributed by atoms with Crippen LogP contribution < -0.4 is 5.56 Å². The number of hydrogen-bond donors (Lipinski definition) is 1. The van der Waals surface area contributed by atoms with Crippen LogP contribution >= 0.6 is 15.9 Å². The molecule has 0 aliphatic heterocycles. The van der Waals surface area contributed by atoms with Crippen molar-refractivity contribution >= 4 is 26.6 Å². The average Bonchev–Trinajstić information content (AvgIpc) is 2.74. The SMILES string of the molecule is O=c1c(-c2ccc(F)cc2)c(-c2ccc(C[SH](=O)=O)cc2)cnn1-c1cccc(Br)c1. The lowest BCUT2D eigenvalue weighted by Crippen LogP contribution is -2.23. The van der Waals surface area contributed by atoms with E-state index in [1.54, 1.807) is 60.8 Å². The highest BCUT2D eigenvalue weighted by molar-refractivity contribution is 9.10. The van der Waals surface area contributed by atoms with Gasteiger partial charge in [0, 0.05) is 10.0 Å². The van der Waals surface area contributed by atoms with Crippen LogP contribution in [0, 0.1) is 5.82 Å². The van der Waals surface area contributed by atoms with Gasteiger partial charge in [0.15, 0.2) is 0 Å². The van der Waals surface area contributed by atoms with Crippen molar-refractivity contribution in [3.8, 4) is 27.9 Å². The standard InChI is InChI=1S/C23H16BrFN2O3S/c24-18-2-1-3-20(12-18)27-23(28)22(17-8-10-19(25)11-9-17)21(13-26-27)16-6-4-15(5-7-16)14-31(29)30/h1-13,31H,14H2. The van der Waals surface area contributed by atoms with Crippen molar-refractivity contribution in [1.29, 1.82) is 0 Å². The molecule has 0 N–H and O–H groups in total.